The van der Waals surface area contributed by atoms with Crippen molar-refractivity contribution in [2.45, 2.75) is 33.5 Å². The van der Waals surface area contributed by atoms with Crippen molar-refractivity contribution < 1.29 is 23.6 Å². The summed E-state index contributed by atoms with van der Waals surface area (Å²) in [6.45, 7) is 5.21. The van der Waals surface area contributed by atoms with Crippen LogP contribution >= 0.6 is 0 Å². The van der Waals surface area contributed by atoms with Gasteiger partial charge in [0.15, 0.2) is 6.10 Å². The molecule has 1 amide bonds. The lowest BCUT2D eigenvalue weighted by Crippen LogP contribution is -2.30. The first-order valence-corrected chi connectivity index (χ1v) is 7.04. The van der Waals surface area contributed by atoms with Crippen LogP contribution < -0.4 is 10.5 Å². The number of esters is 1. The van der Waals surface area contributed by atoms with Gasteiger partial charge < -0.3 is 19.7 Å². The fourth-order valence-corrected chi connectivity index (χ4v) is 1.90. The maximum Gasteiger partial charge on any atom is 0.342 e. The van der Waals surface area contributed by atoms with Crippen molar-refractivity contribution in [2.24, 2.45) is 5.73 Å². The SMILES string of the molecule is Cc1noc(C)c1COc1ccccc1C(=O)O[C@@H](C)C(N)=O. The number of aryl methyl sites for hydroxylation is 2. The third kappa shape index (κ3) is 3.88. The van der Waals surface area contributed by atoms with Crippen LogP contribution in [0.25, 0.3) is 0 Å². The second-order valence-electron chi connectivity index (χ2n) is 5.04. The summed E-state index contributed by atoms with van der Waals surface area (Å²) >= 11 is 0. The molecule has 1 aromatic carbocycles. The Morgan fingerprint density at radius 1 is 1.30 bits per heavy atom. The number of ether oxygens (including phenoxy) is 2. The van der Waals surface area contributed by atoms with Gasteiger partial charge in [-0.1, -0.05) is 17.3 Å². The Labute approximate surface area is 133 Å². The van der Waals surface area contributed by atoms with Crippen molar-refractivity contribution in [2.75, 3.05) is 0 Å². The molecule has 1 atom stereocenters. The van der Waals surface area contributed by atoms with Gasteiger partial charge >= 0.3 is 5.97 Å². The van der Waals surface area contributed by atoms with Crippen LogP contribution in [-0.4, -0.2) is 23.1 Å². The van der Waals surface area contributed by atoms with E-state index in [-0.39, 0.29) is 12.2 Å². The molecule has 0 bridgehead atoms. The third-order valence-electron chi connectivity index (χ3n) is 3.34. The van der Waals surface area contributed by atoms with Crippen molar-refractivity contribution in [3.8, 4) is 5.75 Å². The van der Waals surface area contributed by atoms with Crippen molar-refractivity contribution in [1.82, 2.24) is 5.16 Å². The van der Waals surface area contributed by atoms with E-state index in [1.807, 2.05) is 6.92 Å². The lowest BCUT2D eigenvalue weighted by atomic mass is 10.2. The molecule has 1 aromatic heterocycles. The number of carbonyl (C=O) groups is 2. The lowest BCUT2D eigenvalue weighted by molar-refractivity contribution is -0.125. The van der Waals surface area contributed by atoms with E-state index < -0.39 is 18.0 Å². The van der Waals surface area contributed by atoms with Gasteiger partial charge in [-0.2, -0.15) is 0 Å². The average molecular weight is 318 g/mol. The van der Waals surface area contributed by atoms with Gasteiger partial charge in [-0.3, -0.25) is 4.79 Å². The highest BCUT2D eigenvalue weighted by Gasteiger charge is 2.20. The molecule has 0 radical (unpaired) electrons. The van der Waals surface area contributed by atoms with E-state index in [2.05, 4.69) is 5.16 Å². The third-order valence-corrected chi connectivity index (χ3v) is 3.34. The number of rotatable bonds is 6. The molecule has 122 valence electrons. The number of primary amides is 1. The molecular weight excluding hydrogens is 300 g/mol. The van der Waals surface area contributed by atoms with Crippen LogP contribution in [0.5, 0.6) is 5.75 Å². The summed E-state index contributed by atoms with van der Waals surface area (Å²) < 4.78 is 15.8. The fourth-order valence-electron chi connectivity index (χ4n) is 1.90. The van der Waals surface area contributed by atoms with Gasteiger partial charge in [0, 0.05) is 0 Å². The molecule has 7 nitrogen and oxygen atoms in total. The average Bonchev–Trinajstić information content (AvgIpc) is 2.84. The monoisotopic (exact) mass is 318 g/mol. The van der Waals surface area contributed by atoms with E-state index in [0.717, 1.165) is 11.3 Å². The zero-order chi connectivity index (χ0) is 17.0. The highest BCUT2D eigenvalue weighted by atomic mass is 16.5. The Hall–Kier alpha value is -2.83. The first-order chi connectivity index (χ1) is 10.9. The molecule has 0 saturated carbocycles. The molecule has 1 heterocycles. The van der Waals surface area contributed by atoms with E-state index in [1.165, 1.54) is 6.92 Å². The standard InChI is InChI=1S/C16H18N2O5/c1-9-13(10(2)23-18-9)8-21-14-7-5-4-6-12(14)16(20)22-11(3)15(17)19/h4-7,11H,8H2,1-3H3,(H2,17,19)/t11-/m0/s1. The molecule has 0 spiro atoms. The second-order valence-corrected chi connectivity index (χ2v) is 5.04. The van der Waals surface area contributed by atoms with Crippen molar-refractivity contribution >= 4 is 11.9 Å². The molecule has 0 aliphatic heterocycles. The minimum absolute atomic E-state index is 0.205. The predicted molar refractivity (Wildman–Crippen MR) is 80.8 cm³/mol. The number of hydrogen-bond donors (Lipinski definition) is 1. The molecule has 0 aliphatic carbocycles. The van der Waals surface area contributed by atoms with Crippen LogP contribution in [0.15, 0.2) is 28.8 Å². The normalized spacial score (nSPS) is 11.8. The summed E-state index contributed by atoms with van der Waals surface area (Å²) in [7, 11) is 0. The summed E-state index contributed by atoms with van der Waals surface area (Å²) in [4.78, 5) is 23.1. The first-order valence-electron chi connectivity index (χ1n) is 7.04. The smallest absolute Gasteiger partial charge is 0.342 e. The molecular formula is C16H18N2O5. The molecule has 0 unspecified atom stereocenters. The number of hydrogen-bond acceptors (Lipinski definition) is 6. The Kier molecular flexibility index (Phi) is 5.00. The zero-order valence-corrected chi connectivity index (χ0v) is 13.2. The van der Waals surface area contributed by atoms with Gasteiger partial charge in [0.1, 0.15) is 23.7 Å². The number of aromatic nitrogens is 1. The summed E-state index contributed by atoms with van der Waals surface area (Å²) in [6.07, 6.45) is -1.02. The van der Waals surface area contributed by atoms with Gasteiger partial charge in [-0.25, -0.2) is 4.79 Å². The van der Waals surface area contributed by atoms with Crippen LogP contribution in [0.2, 0.25) is 0 Å². The van der Waals surface area contributed by atoms with Gasteiger partial charge in [-0.15, -0.1) is 0 Å². The first kappa shape index (κ1) is 16.5. The summed E-state index contributed by atoms with van der Waals surface area (Å²) in [5.41, 5.74) is 6.85. The van der Waals surface area contributed by atoms with Crippen LogP contribution in [0, 0.1) is 13.8 Å². The van der Waals surface area contributed by atoms with Crippen molar-refractivity contribution in [1.29, 1.82) is 0 Å². The van der Waals surface area contributed by atoms with Crippen LogP contribution in [0.4, 0.5) is 0 Å². The van der Waals surface area contributed by atoms with Gasteiger partial charge in [0.05, 0.1) is 11.3 Å². The topological polar surface area (TPSA) is 105 Å². The van der Waals surface area contributed by atoms with Gasteiger partial charge in [-0.05, 0) is 32.9 Å². The van der Waals surface area contributed by atoms with E-state index in [4.69, 9.17) is 19.7 Å². The fraction of sp³-hybridized carbons (Fsp3) is 0.312. The van der Waals surface area contributed by atoms with Gasteiger partial charge in [0.25, 0.3) is 5.91 Å². The number of carbonyl (C=O) groups excluding carboxylic acids is 2. The Morgan fingerprint density at radius 3 is 2.61 bits per heavy atom. The van der Waals surface area contributed by atoms with E-state index >= 15 is 0 Å². The number of para-hydroxylation sites is 1. The van der Waals surface area contributed by atoms with E-state index in [9.17, 15) is 9.59 Å². The van der Waals surface area contributed by atoms with Crippen molar-refractivity contribution in [3.05, 3.63) is 46.8 Å². The molecule has 0 aliphatic rings. The number of nitrogens with two attached hydrogens (primary N) is 1. The quantitative estimate of drug-likeness (QED) is 0.816. The number of nitrogens with zero attached hydrogens (tertiary/aromatic N) is 1. The second kappa shape index (κ2) is 6.95. The molecule has 0 fully saturated rings. The van der Waals surface area contributed by atoms with E-state index in [0.29, 0.717) is 11.5 Å². The predicted octanol–water partition coefficient (Wildman–Crippen LogP) is 1.90. The molecule has 2 aromatic rings. The Bertz CT molecular complexity index is 704. The largest absolute Gasteiger partial charge is 0.488 e. The Balaban J connectivity index is 2.14. The van der Waals surface area contributed by atoms with Crippen LogP contribution in [0.1, 0.15) is 34.3 Å². The van der Waals surface area contributed by atoms with Gasteiger partial charge in [0.2, 0.25) is 0 Å². The van der Waals surface area contributed by atoms with E-state index in [1.54, 1.807) is 31.2 Å². The Morgan fingerprint density at radius 2 is 2.00 bits per heavy atom. The maximum absolute atomic E-state index is 12.1. The van der Waals surface area contributed by atoms with Crippen molar-refractivity contribution in [3.63, 3.8) is 0 Å². The summed E-state index contributed by atoms with van der Waals surface area (Å²) in [6, 6.07) is 6.60. The minimum atomic E-state index is -1.02. The zero-order valence-electron chi connectivity index (χ0n) is 13.2. The lowest BCUT2D eigenvalue weighted by Gasteiger charge is -2.13. The highest BCUT2D eigenvalue weighted by molar-refractivity contribution is 5.94. The van der Waals surface area contributed by atoms with Crippen LogP contribution in [0.3, 0.4) is 0 Å². The number of benzene rings is 1. The molecule has 2 N–H and O–H groups in total. The van der Waals surface area contributed by atoms with Crippen LogP contribution in [-0.2, 0) is 16.1 Å². The molecule has 0 saturated heterocycles. The highest BCUT2D eigenvalue weighted by Crippen LogP contribution is 2.22. The molecule has 23 heavy (non-hydrogen) atoms. The summed E-state index contributed by atoms with van der Waals surface area (Å²) in [5, 5.41) is 3.85. The summed E-state index contributed by atoms with van der Waals surface area (Å²) in [5.74, 6) is -0.391. The maximum atomic E-state index is 12.1. The molecule has 2 rings (SSSR count). The minimum Gasteiger partial charge on any atom is -0.488 e. The number of amides is 1. The molecule has 7 heteroatoms.